The Balaban J connectivity index is 1.57. The molecule has 2 aliphatic rings. The van der Waals surface area contributed by atoms with Gasteiger partial charge in [-0.3, -0.25) is 14.3 Å². The number of carbonyl (C=O) groups excluding carboxylic acids is 1. The van der Waals surface area contributed by atoms with Crippen molar-refractivity contribution in [2.75, 3.05) is 10.0 Å². The average Bonchev–Trinajstić information content (AvgIpc) is 3.39. The molecule has 1 aromatic heterocycles. The van der Waals surface area contributed by atoms with Crippen molar-refractivity contribution in [1.82, 2.24) is 0 Å². The van der Waals surface area contributed by atoms with Gasteiger partial charge in [0.05, 0.1) is 23.2 Å². The highest BCUT2D eigenvalue weighted by Crippen LogP contribution is 2.48. The molecule has 4 unspecified atom stereocenters. The minimum absolute atomic E-state index is 0.110. The summed E-state index contributed by atoms with van der Waals surface area (Å²) in [4.78, 5) is 24.5. The van der Waals surface area contributed by atoms with E-state index in [0.29, 0.717) is 12.1 Å². The van der Waals surface area contributed by atoms with Gasteiger partial charge in [0.2, 0.25) is 5.91 Å². The lowest BCUT2D eigenvalue weighted by Crippen LogP contribution is -2.36. The summed E-state index contributed by atoms with van der Waals surface area (Å²) in [7, 11) is -3.77. The van der Waals surface area contributed by atoms with Gasteiger partial charge >= 0.3 is 5.97 Å². The van der Waals surface area contributed by atoms with E-state index in [1.165, 1.54) is 6.07 Å². The molecule has 1 amide bonds. The van der Waals surface area contributed by atoms with Crippen LogP contribution in [-0.2, 0) is 19.6 Å². The number of amides is 1. The van der Waals surface area contributed by atoms with Gasteiger partial charge in [0, 0.05) is 0 Å². The van der Waals surface area contributed by atoms with Crippen LogP contribution < -0.4 is 10.0 Å². The summed E-state index contributed by atoms with van der Waals surface area (Å²) in [5.41, 5.74) is 0.526. The number of hydrogen-bond acceptors (Lipinski definition) is 5. The number of allylic oxidation sites excluding steroid dienone is 2. The van der Waals surface area contributed by atoms with Crippen LogP contribution in [0.1, 0.15) is 6.42 Å². The first-order valence-electron chi connectivity index (χ1n) is 8.74. The molecule has 0 radical (unpaired) electrons. The van der Waals surface area contributed by atoms with Crippen molar-refractivity contribution in [3.63, 3.8) is 0 Å². The van der Waals surface area contributed by atoms with Crippen LogP contribution in [-0.4, -0.2) is 25.4 Å². The summed E-state index contributed by atoms with van der Waals surface area (Å²) < 4.78 is 27.7. The van der Waals surface area contributed by atoms with E-state index in [-0.39, 0.29) is 21.7 Å². The highest BCUT2D eigenvalue weighted by molar-refractivity contribution is 7.94. The number of benzene rings is 1. The number of rotatable bonds is 6. The fourth-order valence-corrected chi connectivity index (χ4v) is 6.10. The standard InChI is InChI=1S/C19H18N2O5S2/c22-18(16-11-7-8-12(10-11)17(16)19(23)24)20-13-4-1-2-5-14(13)21-28(25,26)15-6-3-9-27-15/h1-9,11-12,16-17,21H,10H2,(H,20,22)(H,23,24). The largest absolute Gasteiger partial charge is 0.481 e. The molecule has 2 aromatic rings. The number of carboxylic acid groups (broad SMARTS) is 1. The quantitative estimate of drug-likeness (QED) is 0.624. The van der Waals surface area contributed by atoms with Gasteiger partial charge in [-0.15, -0.1) is 11.3 Å². The Morgan fingerprint density at radius 2 is 1.68 bits per heavy atom. The second kappa shape index (κ2) is 7.06. The number of thiophene rings is 1. The van der Waals surface area contributed by atoms with Crippen LogP contribution in [0, 0.1) is 23.7 Å². The Morgan fingerprint density at radius 3 is 2.32 bits per heavy atom. The topological polar surface area (TPSA) is 113 Å². The molecular formula is C19H18N2O5S2. The first kappa shape index (κ1) is 18.7. The smallest absolute Gasteiger partial charge is 0.307 e. The third-order valence-electron chi connectivity index (χ3n) is 5.24. The Morgan fingerprint density at radius 1 is 1.00 bits per heavy atom. The van der Waals surface area contributed by atoms with E-state index in [4.69, 9.17) is 0 Å². The summed E-state index contributed by atoms with van der Waals surface area (Å²) in [5.74, 6) is -3.07. The van der Waals surface area contributed by atoms with E-state index < -0.39 is 33.7 Å². The van der Waals surface area contributed by atoms with E-state index in [1.54, 1.807) is 35.7 Å². The molecule has 3 N–H and O–H groups in total. The third kappa shape index (κ3) is 3.31. The zero-order valence-electron chi connectivity index (χ0n) is 14.6. The van der Waals surface area contributed by atoms with Gasteiger partial charge in [-0.05, 0) is 41.8 Å². The summed E-state index contributed by atoms with van der Waals surface area (Å²) in [6, 6.07) is 9.60. The second-order valence-electron chi connectivity index (χ2n) is 6.91. The highest BCUT2D eigenvalue weighted by Gasteiger charge is 2.51. The maximum atomic E-state index is 12.9. The monoisotopic (exact) mass is 418 g/mol. The van der Waals surface area contributed by atoms with Gasteiger partial charge in [-0.25, -0.2) is 8.42 Å². The normalized spacial score (nSPS) is 25.6. The molecule has 7 nitrogen and oxygen atoms in total. The Kier molecular flexibility index (Phi) is 4.72. The molecule has 2 aliphatic carbocycles. The van der Waals surface area contributed by atoms with Crippen molar-refractivity contribution in [1.29, 1.82) is 0 Å². The van der Waals surface area contributed by atoms with Gasteiger partial charge in [0.25, 0.3) is 10.0 Å². The average molecular weight is 418 g/mol. The number of fused-ring (bicyclic) bond motifs is 2. The van der Waals surface area contributed by atoms with Crippen LogP contribution in [0.4, 0.5) is 11.4 Å². The summed E-state index contributed by atoms with van der Waals surface area (Å²) in [6.07, 6.45) is 4.43. The van der Waals surface area contributed by atoms with Gasteiger partial charge in [-0.2, -0.15) is 0 Å². The lowest BCUT2D eigenvalue weighted by molar-refractivity contribution is -0.146. The van der Waals surface area contributed by atoms with Crippen LogP contribution in [0.3, 0.4) is 0 Å². The van der Waals surface area contributed by atoms with Gasteiger partial charge in [0.15, 0.2) is 0 Å². The van der Waals surface area contributed by atoms with Crippen LogP contribution in [0.5, 0.6) is 0 Å². The van der Waals surface area contributed by atoms with E-state index in [9.17, 15) is 23.1 Å². The fourth-order valence-electron chi connectivity index (χ4n) is 4.02. The van der Waals surface area contributed by atoms with E-state index >= 15 is 0 Å². The molecule has 1 heterocycles. The predicted molar refractivity (Wildman–Crippen MR) is 106 cm³/mol. The minimum atomic E-state index is -3.77. The number of para-hydroxylation sites is 2. The number of sulfonamides is 1. The van der Waals surface area contributed by atoms with Crippen LogP contribution >= 0.6 is 11.3 Å². The van der Waals surface area contributed by atoms with Crippen molar-refractivity contribution >= 4 is 44.6 Å². The van der Waals surface area contributed by atoms with E-state index in [2.05, 4.69) is 10.0 Å². The molecule has 146 valence electrons. The van der Waals surface area contributed by atoms with Crippen molar-refractivity contribution in [3.8, 4) is 0 Å². The molecule has 28 heavy (non-hydrogen) atoms. The first-order valence-corrected chi connectivity index (χ1v) is 11.1. The Hall–Kier alpha value is -2.65. The third-order valence-corrected chi connectivity index (χ3v) is 8.00. The van der Waals surface area contributed by atoms with Crippen molar-refractivity contribution in [3.05, 3.63) is 53.9 Å². The molecule has 0 spiro atoms. The van der Waals surface area contributed by atoms with Gasteiger partial charge < -0.3 is 10.4 Å². The maximum absolute atomic E-state index is 12.9. The van der Waals surface area contributed by atoms with E-state index in [1.807, 2.05) is 12.2 Å². The van der Waals surface area contributed by atoms with Crippen molar-refractivity contribution in [2.24, 2.45) is 23.7 Å². The molecule has 1 aromatic carbocycles. The highest BCUT2D eigenvalue weighted by atomic mass is 32.2. The number of nitrogens with one attached hydrogen (secondary N) is 2. The second-order valence-corrected chi connectivity index (χ2v) is 9.77. The number of carbonyl (C=O) groups is 2. The molecule has 0 saturated heterocycles. The molecular weight excluding hydrogens is 400 g/mol. The molecule has 2 bridgehead atoms. The Labute approximate surface area is 166 Å². The zero-order chi connectivity index (χ0) is 19.9. The predicted octanol–water partition coefficient (Wildman–Crippen LogP) is 3.01. The molecule has 1 saturated carbocycles. The van der Waals surface area contributed by atoms with Crippen molar-refractivity contribution < 1.29 is 23.1 Å². The lowest BCUT2D eigenvalue weighted by atomic mass is 9.82. The zero-order valence-corrected chi connectivity index (χ0v) is 16.2. The molecule has 4 rings (SSSR count). The minimum Gasteiger partial charge on any atom is -0.481 e. The Bertz CT molecular complexity index is 1050. The first-order chi connectivity index (χ1) is 13.4. The molecule has 1 fully saturated rings. The fraction of sp³-hybridized carbons (Fsp3) is 0.263. The number of hydrogen-bond donors (Lipinski definition) is 3. The number of aliphatic carboxylic acids is 1. The molecule has 0 aliphatic heterocycles. The van der Waals surface area contributed by atoms with Gasteiger partial charge in [0.1, 0.15) is 4.21 Å². The van der Waals surface area contributed by atoms with E-state index in [0.717, 1.165) is 11.3 Å². The number of anilines is 2. The lowest BCUT2D eigenvalue weighted by Gasteiger charge is -2.24. The summed E-state index contributed by atoms with van der Waals surface area (Å²) >= 11 is 1.09. The van der Waals surface area contributed by atoms with Crippen LogP contribution in [0.2, 0.25) is 0 Å². The summed E-state index contributed by atoms with van der Waals surface area (Å²) in [5, 5.41) is 13.9. The van der Waals surface area contributed by atoms with Crippen LogP contribution in [0.15, 0.2) is 58.1 Å². The van der Waals surface area contributed by atoms with Crippen LogP contribution in [0.25, 0.3) is 0 Å². The SMILES string of the molecule is O=C(O)C1C2C=CC(C2)C1C(=O)Nc1ccccc1NS(=O)(=O)c1cccs1. The molecule has 4 atom stereocenters. The van der Waals surface area contributed by atoms with Crippen molar-refractivity contribution in [2.45, 2.75) is 10.6 Å². The summed E-state index contributed by atoms with van der Waals surface area (Å²) in [6.45, 7) is 0. The maximum Gasteiger partial charge on any atom is 0.307 e. The van der Waals surface area contributed by atoms with Gasteiger partial charge in [-0.1, -0.05) is 30.4 Å². The number of carboxylic acids is 1. The molecule has 9 heteroatoms.